The number of carboxylic acid groups (broad SMARTS) is 1. The Morgan fingerprint density at radius 2 is 1.76 bits per heavy atom. The molecule has 3 amide bonds. The average molecular weight is 458 g/mol. The largest absolute Gasteiger partial charge is 0.465 e. The third-order valence-electron chi connectivity index (χ3n) is 6.73. The van der Waals surface area contributed by atoms with Crippen molar-refractivity contribution in [1.82, 2.24) is 16.0 Å². The van der Waals surface area contributed by atoms with Crippen LogP contribution in [0.15, 0.2) is 30.3 Å². The second-order valence-corrected chi connectivity index (χ2v) is 9.52. The molecule has 2 saturated carbocycles. The lowest BCUT2D eigenvalue weighted by Crippen LogP contribution is -2.50. The van der Waals surface area contributed by atoms with Crippen LogP contribution in [0.3, 0.4) is 0 Å². The molecule has 33 heavy (non-hydrogen) atoms. The van der Waals surface area contributed by atoms with Crippen molar-refractivity contribution in [3.05, 3.63) is 35.9 Å². The predicted molar refractivity (Wildman–Crippen MR) is 124 cm³/mol. The van der Waals surface area contributed by atoms with Crippen LogP contribution >= 0.6 is 0 Å². The van der Waals surface area contributed by atoms with Gasteiger partial charge in [-0.05, 0) is 43.6 Å². The van der Waals surface area contributed by atoms with Crippen LogP contribution in [0.4, 0.5) is 4.79 Å². The Balaban J connectivity index is 1.46. The van der Waals surface area contributed by atoms with Gasteiger partial charge in [0.15, 0.2) is 0 Å². The van der Waals surface area contributed by atoms with Crippen molar-refractivity contribution in [3.8, 4) is 0 Å². The van der Waals surface area contributed by atoms with Crippen LogP contribution in [0.25, 0.3) is 0 Å². The quantitative estimate of drug-likeness (QED) is 0.359. The zero-order chi connectivity index (χ0) is 23.7. The predicted octanol–water partition coefficient (Wildman–Crippen LogP) is 2.95. The van der Waals surface area contributed by atoms with Crippen LogP contribution in [0, 0.1) is 5.92 Å². The number of hydrogen-bond donors (Lipinski definition) is 4. The number of carbonyl (C=O) groups is 4. The van der Waals surface area contributed by atoms with Crippen molar-refractivity contribution in [3.63, 3.8) is 0 Å². The van der Waals surface area contributed by atoms with E-state index in [1.165, 1.54) is 12.0 Å². The number of hydrogen-bond acceptors (Lipinski definition) is 4. The Hall–Kier alpha value is -2.90. The maximum Gasteiger partial charge on any atom is 0.405 e. The lowest BCUT2D eigenvalue weighted by atomic mass is 9.84. The molecule has 0 heterocycles. The molecule has 0 spiro atoms. The van der Waals surface area contributed by atoms with Crippen molar-refractivity contribution in [2.45, 2.75) is 88.3 Å². The molecule has 0 radical (unpaired) electrons. The number of rotatable bonds is 12. The van der Waals surface area contributed by atoms with E-state index in [0.29, 0.717) is 18.6 Å². The second kappa shape index (κ2) is 11.8. The van der Waals surface area contributed by atoms with Gasteiger partial charge in [-0.3, -0.25) is 9.59 Å². The summed E-state index contributed by atoms with van der Waals surface area (Å²) in [6.07, 6.45) is 7.97. The summed E-state index contributed by atoms with van der Waals surface area (Å²) in [6.45, 7) is 0. The number of nitrogens with one attached hydrogen (secondary N) is 3. The lowest BCUT2D eigenvalue weighted by Gasteiger charge is -2.26. The first kappa shape index (κ1) is 24.7. The van der Waals surface area contributed by atoms with E-state index in [9.17, 15) is 19.2 Å². The monoisotopic (exact) mass is 457 g/mol. The Morgan fingerprint density at radius 3 is 2.36 bits per heavy atom. The van der Waals surface area contributed by atoms with Crippen LogP contribution in [0.5, 0.6) is 0 Å². The smallest absolute Gasteiger partial charge is 0.405 e. The van der Waals surface area contributed by atoms with Crippen molar-refractivity contribution in [2.75, 3.05) is 0 Å². The fourth-order valence-corrected chi connectivity index (χ4v) is 4.72. The zero-order valence-corrected chi connectivity index (χ0v) is 19.1. The Labute approximate surface area is 194 Å². The third-order valence-corrected chi connectivity index (χ3v) is 6.73. The van der Waals surface area contributed by atoms with E-state index in [-0.39, 0.29) is 24.3 Å². The Bertz CT molecular complexity index is 819. The summed E-state index contributed by atoms with van der Waals surface area (Å²) in [5.41, 5.74) is 0.956. The molecule has 4 N–H and O–H groups in total. The molecule has 2 unspecified atom stereocenters. The van der Waals surface area contributed by atoms with Gasteiger partial charge in [0, 0.05) is 12.0 Å². The van der Waals surface area contributed by atoms with E-state index in [0.717, 1.165) is 44.9 Å². The summed E-state index contributed by atoms with van der Waals surface area (Å²) in [7, 11) is 0. The van der Waals surface area contributed by atoms with Crippen molar-refractivity contribution in [2.24, 2.45) is 5.92 Å². The van der Waals surface area contributed by atoms with Gasteiger partial charge in [0.25, 0.3) is 0 Å². The highest BCUT2D eigenvalue weighted by atomic mass is 16.4. The third kappa shape index (κ3) is 8.18. The van der Waals surface area contributed by atoms with E-state index in [1.54, 1.807) is 0 Å². The fraction of sp³-hybridized carbons (Fsp3) is 0.600. The maximum absolute atomic E-state index is 12.7. The van der Waals surface area contributed by atoms with Gasteiger partial charge in [0.1, 0.15) is 12.3 Å². The lowest BCUT2D eigenvalue weighted by molar-refractivity contribution is -0.127. The average Bonchev–Trinajstić information content (AvgIpc) is 3.55. The minimum Gasteiger partial charge on any atom is -0.465 e. The summed E-state index contributed by atoms with van der Waals surface area (Å²) < 4.78 is 0. The first-order valence-electron chi connectivity index (χ1n) is 12.0. The fourth-order valence-electron chi connectivity index (χ4n) is 4.72. The molecule has 2 aliphatic carbocycles. The standard InChI is InChI=1S/C25H35N3O5/c29-17-20(26-23(31)21(27-24(32)33)15-18-7-3-1-4-8-18)11-12-22(30)28-25(13-14-25)16-19-9-5-2-6-10-19/h2,5-6,9-10,17-18,20-21,27H,1,3-4,7-8,11-16H2,(H,26,31)(H,28,30)(H,32,33). The minimum atomic E-state index is -1.26. The van der Waals surface area contributed by atoms with E-state index < -0.39 is 24.1 Å². The molecular weight excluding hydrogens is 422 g/mol. The van der Waals surface area contributed by atoms with Crippen LogP contribution in [-0.2, 0) is 20.8 Å². The highest BCUT2D eigenvalue weighted by Gasteiger charge is 2.43. The van der Waals surface area contributed by atoms with Gasteiger partial charge in [0.2, 0.25) is 11.8 Å². The van der Waals surface area contributed by atoms with Crippen molar-refractivity contribution < 1.29 is 24.3 Å². The first-order valence-corrected chi connectivity index (χ1v) is 12.0. The first-order chi connectivity index (χ1) is 15.9. The van der Waals surface area contributed by atoms with Gasteiger partial charge in [-0.2, -0.15) is 0 Å². The summed E-state index contributed by atoms with van der Waals surface area (Å²) in [5, 5.41) is 17.1. The normalized spacial score (nSPS) is 19.0. The summed E-state index contributed by atoms with van der Waals surface area (Å²) >= 11 is 0. The molecule has 1 aromatic carbocycles. The number of aldehydes is 1. The number of amides is 3. The number of benzene rings is 1. The Kier molecular flexibility index (Phi) is 8.86. The number of carbonyl (C=O) groups excluding carboxylic acids is 3. The van der Waals surface area contributed by atoms with Crippen molar-refractivity contribution in [1.29, 1.82) is 0 Å². The van der Waals surface area contributed by atoms with Crippen LogP contribution in [-0.4, -0.2) is 46.9 Å². The van der Waals surface area contributed by atoms with Gasteiger partial charge in [-0.25, -0.2) is 4.79 Å². The molecular formula is C25H35N3O5. The Morgan fingerprint density at radius 1 is 1.06 bits per heavy atom. The highest BCUT2D eigenvalue weighted by molar-refractivity contribution is 5.87. The van der Waals surface area contributed by atoms with Gasteiger partial charge >= 0.3 is 6.09 Å². The second-order valence-electron chi connectivity index (χ2n) is 9.52. The molecule has 2 fully saturated rings. The molecule has 3 rings (SSSR count). The molecule has 0 aromatic heterocycles. The van der Waals surface area contributed by atoms with Crippen LogP contribution in [0.2, 0.25) is 0 Å². The maximum atomic E-state index is 12.7. The van der Waals surface area contributed by atoms with Gasteiger partial charge in [0.05, 0.1) is 6.04 Å². The minimum absolute atomic E-state index is 0.111. The van der Waals surface area contributed by atoms with E-state index >= 15 is 0 Å². The molecule has 2 aliphatic rings. The van der Waals surface area contributed by atoms with Crippen molar-refractivity contribution >= 4 is 24.2 Å². The molecule has 0 bridgehead atoms. The van der Waals surface area contributed by atoms with Gasteiger partial charge < -0.3 is 25.9 Å². The molecule has 180 valence electrons. The molecule has 0 aliphatic heterocycles. The van der Waals surface area contributed by atoms with E-state index in [1.807, 2.05) is 30.3 Å². The topological polar surface area (TPSA) is 125 Å². The van der Waals surface area contributed by atoms with Crippen LogP contribution < -0.4 is 16.0 Å². The molecule has 1 aromatic rings. The highest BCUT2D eigenvalue weighted by Crippen LogP contribution is 2.38. The van der Waals surface area contributed by atoms with Gasteiger partial charge in [-0.15, -0.1) is 0 Å². The summed E-state index contributed by atoms with van der Waals surface area (Å²) in [6, 6.07) is 8.26. The van der Waals surface area contributed by atoms with Gasteiger partial charge in [-0.1, -0.05) is 62.4 Å². The molecule has 8 heteroatoms. The SMILES string of the molecule is O=CC(CCC(=O)NC1(Cc2ccccc2)CC1)NC(=O)C(CC1CCCCC1)NC(=O)O. The van der Waals surface area contributed by atoms with Crippen LogP contribution in [0.1, 0.15) is 69.8 Å². The van der Waals surface area contributed by atoms with E-state index in [2.05, 4.69) is 16.0 Å². The van der Waals surface area contributed by atoms with E-state index in [4.69, 9.17) is 5.11 Å². The molecule has 2 atom stereocenters. The summed E-state index contributed by atoms with van der Waals surface area (Å²) in [4.78, 5) is 47.9. The summed E-state index contributed by atoms with van der Waals surface area (Å²) in [5.74, 6) is -0.365. The zero-order valence-electron chi connectivity index (χ0n) is 19.1. The molecule has 8 nitrogen and oxygen atoms in total. The molecule has 0 saturated heterocycles.